The van der Waals surface area contributed by atoms with Crippen LogP contribution in [-0.4, -0.2) is 42.7 Å². The lowest BCUT2D eigenvalue weighted by Gasteiger charge is -2.42. The smallest absolute Gasteiger partial charge is 0.312 e. The van der Waals surface area contributed by atoms with Gasteiger partial charge in [0, 0.05) is 21.3 Å². The standard InChI is InChI=1S/C7H18O4SSi/c1-5-6(12,8-2)7(9-3,10-4)11-13/h12H,5H2,1-4,13H3. The molecule has 0 aromatic carbocycles. The summed E-state index contributed by atoms with van der Waals surface area (Å²) in [5, 5.41) is 0. The zero-order valence-corrected chi connectivity index (χ0v) is 11.7. The van der Waals surface area contributed by atoms with Crippen LogP contribution in [0.3, 0.4) is 0 Å². The van der Waals surface area contributed by atoms with Gasteiger partial charge < -0.3 is 18.6 Å². The Morgan fingerprint density at radius 3 is 1.69 bits per heavy atom. The van der Waals surface area contributed by atoms with E-state index in [-0.39, 0.29) is 0 Å². The van der Waals surface area contributed by atoms with Crippen molar-refractivity contribution in [3.63, 3.8) is 0 Å². The molecular formula is C7H18O4SSi. The van der Waals surface area contributed by atoms with Crippen LogP contribution in [0.25, 0.3) is 0 Å². The van der Waals surface area contributed by atoms with E-state index in [1.54, 1.807) is 7.11 Å². The van der Waals surface area contributed by atoms with Gasteiger partial charge in [0.15, 0.2) is 15.4 Å². The molecule has 0 fully saturated rings. The lowest BCUT2D eigenvalue weighted by atomic mass is 10.2. The zero-order chi connectivity index (χ0) is 10.5. The van der Waals surface area contributed by atoms with Gasteiger partial charge in [-0.15, -0.1) is 12.6 Å². The third-order valence-electron chi connectivity index (χ3n) is 2.10. The lowest BCUT2D eigenvalue weighted by molar-refractivity contribution is -0.375. The van der Waals surface area contributed by atoms with E-state index >= 15 is 0 Å². The summed E-state index contributed by atoms with van der Waals surface area (Å²) in [5.74, 6) is -1.22. The molecular weight excluding hydrogens is 208 g/mol. The first-order valence-corrected chi connectivity index (χ1v) is 5.25. The van der Waals surface area contributed by atoms with Gasteiger partial charge in [0.2, 0.25) is 0 Å². The maximum absolute atomic E-state index is 5.28. The first kappa shape index (κ1) is 13.4. The maximum atomic E-state index is 5.28. The molecule has 0 spiro atoms. The minimum atomic E-state index is -1.22. The number of rotatable bonds is 6. The normalized spacial score (nSPS) is 17.3. The highest BCUT2D eigenvalue weighted by atomic mass is 32.1. The van der Waals surface area contributed by atoms with Gasteiger partial charge >= 0.3 is 5.97 Å². The van der Waals surface area contributed by atoms with Gasteiger partial charge in [-0.2, -0.15) is 0 Å². The Labute approximate surface area is 87.8 Å². The van der Waals surface area contributed by atoms with Gasteiger partial charge in [-0.3, -0.25) is 0 Å². The van der Waals surface area contributed by atoms with E-state index in [0.717, 1.165) is 0 Å². The van der Waals surface area contributed by atoms with Crippen molar-refractivity contribution >= 4 is 23.1 Å². The molecule has 1 atom stereocenters. The molecule has 0 N–H and O–H groups in total. The van der Waals surface area contributed by atoms with Crippen molar-refractivity contribution in [3.8, 4) is 0 Å². The monoisotopic (exact) mass is 226 g/mol. The van der Waals surface area contributed by atoms with Crippen LogP contribution in [0.4, 0.5) is 0 Å². The van der Waals surface area contributed by atoms with E-state index in [1.165, 1.54) is 14.2 Å². The van der Waals surface area contributed by atoms with Crippen LogP contribution in [0.15, 0.2) is 0 Å². The molecule has 0 aliphatic rings. The van der Waals surface area contributed by atoms with Crippen LogP contribution in [0.5, 0.6) is 0 Å². The molecule has 0 saturated carbocycles. The summed E-state index contributed by atoms with van der Waals surface area (Å²) >= 11 is 4.36. The Bertz CT molecular complexity index is 139. The molecule has 0 saturated heterocycles. The SMILES string of the molecule is CCC(S)(OC)C(OC)(OC)O[SiH3]. The molecule has 0 amide bonds. The summed E-state index contributed by atoms with van der Waals surface area (Å²) in [6.07, 6.45) is 0.608. The van der Waals surface area contributed by atoms with E-state index in [1.807, 2.05) is 6.92 Å². The fourth-order valence-corrected chi connectivity index (χ4v) is 2.32. The summed E-state index contributed by atoms with van der Waals surface area (Å²) in [4.78, 5) is -0.891. The molecule has 0 rings (SSSR count). The lowest BCUT2D eigenvalue weighted by Crippen LogP contribution is -2.55. The fourth-order valence-electron chi connectivity index (χ4n) is 1.21. The molecule has 0 aromatic heterocycles. The van der Waals surface area contributed by atoms with Gasteiger partial charge in [0.05, 0.1) is 0 Å². The summed E-state index contributed by atoms with van der Waals surface area (Å²) in [5.41, 5.74) is 0. The van der Waals surface area contributed by atoms with Crippen LogP contribution in [0.2, 0.25) is 0 Å². The third-order valence-corrected chi connectivity index (χ3v) is 3.41. The number of hydrogen-bond acceptors (Lipinski definition) is 5. The number of thiol groups is 1. The van der Waals surface area contributed by atoms with Gasteiger partial charge in [0.1, 0.15) is 0 Å². The van der Waals surface area contributed by atoms with E-state index < -0.39 is 10.9 Å². The zero-order valence-electron chi connectivity index (χ0n) is 8.79. The van der Waals surface area contributed by atoms with Crippen molar-refractivity contribution in [2.24, 2.45) is 0 Å². The average molecular weight is 226 g/mol. The number of hydrogen-bond donors (Lipinski definition) is 1. The van der Waals surface area contributed by atoms with E-state index in [2.05, 4.69) is 12.6 Å². The topological polar surface area (TPSA) is 36.9 Å². The molecule has 80 valence electrons. The van der Waals surface area contributed by atoms with Crippen LogP contribution in [-0.2, 0) is 18.6 Å². The van der Waals surface area contributed by atoms with Crippen molar-refractivity contribution in [2.75, 3.05) is 21.3 Å². The molecule has 0 aliphatic carbocycles. The highest BCUT2D eigenvalue weighted by molar-refractivity contribution is 7.81. The van der Waals surface area contributed by atoms with Crippen molar-refractivity contribution in [1.82, 2.24) is 0 Å². The molecule has 6 heteroatoms. The summed E-state index contributed by atoms with van der Waals surface area (Å²) in [7, 11) is 5.02. The summed E-state index contributed by atoms with van der Waals surface area (Å²) in [6.45, 7) is 1.92. The van der Waals surface area contributed by atoms with Crippen molar-refractivity contribution in [1.29, 1.82) is 0 Å². The van der Waals surface area contributed by atoms with Gasteiger partial charge in [-0.05, 0) is 6.42 Å². The predicted octanol–water partition coefficient (Wildman–Crippen LogP) is -0.0875. The Morgan fingerprint density at radius 2 is 1.62 bits per heavy atom. The Morgan fingerprint density at radius 1 is 1.15 bits per heavy atom. The summed E-state index contributed by atoms with van der Waals surface area (Å²) < 4.78 is 20.9. The molecule has 0 aromatic rings. The third kappa shape index (κ3) is 2.26. The van der Waals surface area contributed by atoms with Crippen molar-refractivity contribution < 1.29 is 18.6 Å². The second kappa shape index (κ2) is 5.33. The Hall–Kier alpha value is 0.407. The second-order valence-corrected chi connectivity index (χ2v) is 3.64. The number of methoxy groups -OCH3 is 3. The van der Waals surface area contributed by atoms with Crippen molar-refractivity contribution in [3.05, 3.63) is 0 Å². The molecule has 0 aliphatic heterocycles. The first-order valence-electron chi connectivity index (χ1n) is 3.98. The van der Waals surface area contributed by atoms with E-state index in [4.69, 9.17) is 18.6 Å². The Balaban J connectivity index is 4.87. The van der Waals surface area contributed by atoms with E-state index in [0.29, 0.717) is 16.9 Å². The molecule has 4 nitrogen and oxygen atoms in total. The maximum Gasteiger partial charge on any atom is 0.312 e. The quantitative estimate of drug-likeness (QED) is 0.390. The minimum Gasteiger partial charge on any atom is -0.377 e. The number of ether oxygens (including phenoxy) is 3. The highest BCUT2D eigenvalue weighted by Crippen LogP contribution is 2.36. The predicted molar refractivity (Wildman–Crippen MR) is 56.8 cm³/mol. The van der Waals surface area contributed by atoms with Gasteiger partial charge in [0.25, 0.3) is 0 Å². The largest absolute Gasteiger partial charge is 0.377 e. The molecule has 1 unspecified atom stereocenters. The fraction of sp³-hybridized carbons (Fsp3) is 1.00. The first-order chi connectivity index (χ1) is 6.05. The van der Waals surface area contributed by atoms with Crippen LogP contribution >= 0.6 is 12.6 Å². The molecule has 0 heterocycles. The molecule has 0 bridgehead atoms. The van der Waals surface area contributed by atoms with Gasteiger partial charge in [-0.1, -0.05) is 6.92 Å². The van der Waals surface area contributed by atoms with Crippen LogP contribution in [0, 0.1) is 0 Å². The Kier molecular flexibility index (Phi) is 5.49. The molecule has 13 heavy (non-hydrogen) atoms. The average Bonchev–Trinajstić information content (AvgIpc) is 2.20. The minimum absolute atomic E-state index is 0.477. The van der Waals surface area contributed by atoms with Crippen molar-refractivity contribution in [2.45, 2.75) is 24.3 Å². The van der Waals surface area contributed by atoms with Crippen LogP contribution < -0.4 is 0 Å². The van der Waals surface area contributed by atoms with Gasteiger partial charge in [-0.25, -0.2) is 0 Å². The molecule has 0 radical (unpaired) electrons. The second-order valence-electron chi connectivity index (χ2n) is 2.51. The highest BCUT2D eigenvalue weighted by Gasteiger charge is 2.50. The summed E-state index contributed by atoms with van der Waals surface area (Å²) in [6, 6.07) is 0. The van der Waals surface area contributed by atoms with E-state index in [9.17, 15) is 0 Å². The van der Waals surface area contributed by atoms with Crippen LogP contribution in [0.1, 0.15) is 13.3 Å².